The van der Waals surface area contributed by atoms with E-state index in [1.54, 1.807) is 30.5 Å². The van der Waals surface area contributed by atoms with E-state index in [9.17, 15) is 9.90 Å². The Labute approximate surface area is 113 Å². The van der Waals surface area contributed by atoms with E-state index in [-0.39, 0.29) is 11.5 Å². The van der Waals surface area contributed by atoms with Gasteiger partial charge in [-0.3, -0.25) is 9.78 Å². The van der Waals surface area contributed by atoms with Crippen molar-refractivity contribution >= 4 is 28.8 Å². The number of rotatable bonds is 2. The average Bonchev–Trinajstić information content (AvgIpc) is 2.91. The van der Waals surface area contributed by atoms with Crippen LogP contribution in [0.2, 0.25) is 5.02 Å². The highest BCUT2D eigenvalue weighted by Gasteiger charge is 2.15. The number of aromatic nitrogens is 1. The molecule has 0 saturated heterocycles. The van der Waals surface area contributed by atoms with E-state index < -0.39 is 0 Å². The van der Waals surface area contributed by atoms with Crippen molar-refractivity contribution in [2.45, 2.75) is 0 Å². The lowest BCUT2D eigenvalue weighted by molar-refractivity contribution is 0.110. The number of halogens is 1. The summed E-state index contributed by atoms with van der Waals surface area (Å²) >= 11 is 6.16. The lowest BCUT2D eigenvalue weighted by Crippen LogP contribution is -1.84. The monoisotopic (exact) mass is 273 g/mol. The molecule has 0 aliphatic carbocycles. The van der Waals surface area contributed by atoms with Crippen molar-refractivity contribution in [2.75, 3.05) is 0 Å². The second kappa shape index (κ2) is 4.40. The van der Waals surface area contributed by atoms with Crippen molar-refractivity contribution in [1.29, 1.82) is 0 Å². The summed E-state index contributed by atoms with van der Waals surface area (Å²) in [5.41, 5.74) is 0.804. The molecule has 1 N–H and O–H groups in total. The fourth-order valence-corrected chi connectivity index (χ4v) is 2.20. The Bertz CT molecular complexity index is 779. The number of pyridine rings is 1. The summed E-state index contributed by atoms with van der Waals surface area (Å²) < 4.78 is 5.29. The average molecular weight is 274 g/mol. The van der Waals surface area contributed by atoms with Crippen molar-refractivity contribution in [2.24, 2.45) is 0 Å². The van der Waals surface area contributed by atoms with E-state index >= 15 is 0 Å². The largest absolute Gasteiger partial charge is 0.505 e. The number of hydrogen-bond donors (Lipinski definition) is 1. The van der Waals surface area contributed by atoms with E-state index in [1.165, 1.54) is 6.07 Å². The fourth-order valence-electron chi connectivity index (χ4n) is 1.94. The maximum Gasteiger partial charge on any atom is 0.185 e. The first-order chi connectivity index (χ1) is 9.20. The van der Waals surface area contributed by atoms with Crippen LogP contribution in [0.4, 0.5) is 0 Å². The number of aldehydes is 1. The Balaban J connectivity index is 2.30. The summed E-state index contributed by atoms with van der Waals surface area (Å²) in [6.07, 6.45) is 2.17. The molecular formula is C14H8ClNO3. The third-order valence-electron chi connectivity index (χ3n) is 2.82. The summed E-state index contributed by atoms with van der Waals surface area (Å²) in [7, 11) is 0. The van der Waals surface area contributed by atoms with Crippen molar-refractivity contribution in [3.8, 4) is 17.1 Å². The molecule has 1 aromatic carbocycles. The molecule has 5 heteroatoms. The Kier molecular flexibility index (Phi) is 2.72. The molecular weight excluding hydrogens is 266 g/mol. The molecule has 0 spiro atoms. The molecule has 2 heterocycles. The summed E-state index contributed by atoms with van der Waals surface area (Å²) in [6.45, 7) is 0. The van der Waals surface area contributed by atoms with Crippen LogP contribution in [0.3, 0.4) is 0 Å². The molecule has 3 rings (SSSR count). The van der Waals surface area contributed by atoms with E-state index in [0.717, 1.165) is 0 Å². The minimum absolute atomic E-state index is 0.0215. The molecule has 0 aliphatic rings. The van der Waals surface area contributed by atoms with Crippen LogP contribution in [-0.2, 0) is 0 Å². The van der Waals surface area contributed by atoms with Gasteiger partial charge in [0.05, 0.1) is 10.6 Å². The minimum Gasteiger partial charge on any atom is -0.505 e. The quantitative estimate of drug-likeness (QED) is 0.724. The van der Waals surface area contributed by atoms with Gasteiger partial charge >= 0.3 is 0 Å². The van der Waals surface area contributed by atoms with E-state index in [0.29, 0.717) is 33.5 Å². The van der Waals surface area contributed by atoms with Crippen LogP contribution in [0.5, 0.6) is 5.75 Å². The van der Waals surface area contributed by atoms with Crippen LogP contribution in [0, 0.1) is 0 Å². The summed E-state index contributed by atoms with van der Waals surface area (Å²) in [6, 6.07) is 8.23. The summed E-state index contributed by atoms with van der Waals surface area (Å²) in [5.74, 6) is 0.535. The molecule has 0 radical (unpaired) electrons. The normalized spacial score (nSPS) is 10.8. The molecule has 0 fully saturated rings. The van der Waals surface area contributed by atoms with Crippen molar-refractivity contribution < 1.29 is 14.3 Å². The molecule has 0 atom stereocenters. The summed E-state index contributed by atoms with van der Waals surface area (Å²) in [4.78, 5) is 14.7. The van der Waals surface area contributed by atoms with Gasteiger partial charge in [0.25, 0.3) is 0 Å². The third-order valence-corrected chi connectivity index (χ3v) is 3.14. The number of benzene rings is 1. The number of fused-ring (bicyclic) bond motifs is 1. The predicted octanol–water partition coefficient (Wildman–Crippen LogP) is 3.67. The molecule has 0 bridgehead atoms. The zero-order chi connectivity index (χ0) is 13.4. The Morgan fingerprint density at radius 3 is 2.89 bits per heavy atom. The molecule has 94 valence electrons. The van der Waals surface area contributed by atoms with Gasteiger partial charge in [-0.15, -0.1) is 0 Å². The van der Waals surface area contributed by atoms with Gasteiger partial charge < -0.3 is 9.52 Å². The first kappa shape index (κ1) is 11.7. The highest BCUT2D eigenvalue weighted by Crippen LogP contribution is 2.39. The number of phenolic OH excluding ortho intramolecular Hbond substituents is 1. The van der Waals surface area contributed by atoms with Gasteiger partial charge in [-0.25, -0.2) is 0 Å². The zero-order valence-electron chi connectivity index (χ0n) is 9.63. The first-order valence-corrected chi connectivity index (χ1v) is 5.90. The van der Waals surface area contributed by atoms with Crippen LogP contribution in [0.25, 0.3) is 22.2 Å². The lowest BCUT2D eigenvalue weighted by Gasteiger charge is -2.07. The Morgan fingerprint density at radius 2 is 2.16 bits per heavy atom. The molecule has 0 saturated carbocycles. The van der Waals surface area contributed by atoms with E-state index in [1.807, 2.05) is 0 Å². The van der Waals surface area contributed by atoms with Gasteiger partial charge in [-0.1, -0.05) is 11.6 Å². The lowest BCUT2D eigenvalue weighted by atomic mass is 10.1. The van der Waals surface area contributed by atoms with Gasteiger partial charge in [0, 0.05) is 11.6 Å². The minimum atomic E-state index is -0.0215. The SMILES string of the molecule is O=Cc1ccc(-c2cc(Cl)c3cccnc3c2O)o1. The number of carbonyl (C=O) groups excluding carboxylic acids is 1. The smallest absolute Gasteiger partial charge is 0.185 e. The number of furan rings is 1. The fraction of sp³-hybridized carbons (Fsp3) is 0. The van der Waals surface area contributed by atoms with Crippen molar-refractivity contribution in [3.63, 3.8) is 0 Å². The number of nitrogens with zero attached hydrogens (tertiary/aromatic N) is 1. The van der Waals surface area contributed by atoms with Crippen molar-refractivity contribution in [3.05, 3.63) is 47.3 Å². The standard InChI is InChI=1S/C14H8ClNO3/c15-11-6-10(12-4-3-8(7-17)19-12)14(18)13-9(11)2-1-5-16-13/h1-7,18H. The van der Waals surface area contributed by atoms with Gasteiger partial charge in [0.15, 0.2) is 17.8 Å². The molecule has 2 aromatic heterocycles. The highest BCUT2D eigenvalue weighted by atomic mass is 35.5. The van der Waals surface area contributed by atoms with Crippen LogP contribution < -0.4 is 0 Å². The van der Waals surface area contributed by atoms with Crippen LogP contribution >= 0.6 is 11.6 Å². The molecule has 0 amide bonds. The van der Waals surface area contributed by atoms with Gasteiger partial charge in [0.2, 0.25) is 0 Å². The Hall–Kier alpha value is -2.33. The molecule has 19 heavy (non-hydrogen) atoms. The van der Waals surface area contributed by atoms with E-state index in [2.05, 4.69) is 4.98 Å². The molecule has 3 aromatic rings. The highest BCUT2D eigenvalue weighted by molar-refractivity contribution is 6.36. The van der Waals surface area contributed by atoms with Gasteiger partial charge in [0.1, 0.15) is 11.3 Å². The van der Waals surface area contributed by atoms with Crippen LogP contribution in [0.15, 0.2) is 40.9 Å². The van der Waals surface area contributed by atoms with Crippen molar-refractivity contribution in [1.82, 2.24) is 4.98 Å². The zero-order valence-corrected chi connectivity index (χ0v) is 10.4. The number of aromatic hydroxyl groups is 1. The Morgan fingerprint density at radius 1 is 1.32 bits per heavy atom. The van der Waals surface area contributed by atoms with Gasteiger partial charge in [-0.05, 0) is 30.3 Å². The maximum atomic E-state index is 10.6. The molecule has 4 nitrogen and oxygen atoms in total. The van der Waals surface area contributed by atoms with E-state index in [4.69, 9.17) is 16.0 Å². The molecule has 0 unspecified atom stereocenters. The second-order valence-electron chi connectivity index (χ2n) is 3.97. The maximum absolute atomic E-state index is 10.6. The predicted molar refractivity (Wildman–Crippen MR) is 71.5 cm³/mol. The number of hydrogen-bond acceptors (Lipinski definition) is 4. The third kappa shape index (κ3) is 1.86. The second-order valence-corrected chi connectivity index (χ2v) is 4.38. The van der Waals surface area contributed by atoms with Crippen LogP contribution in [0.1, 0.15) is 10.6 Å². The summed E-state index contributed by atoms with van der Waals surface area (Å²) in [5, 5.41) is 11.4. The first-order valence-electron chi connectivity index (χ1n) is 5.52. The van der Waals surface area contributed by atoms with Crippen LogP contribution in [-0.4, -0.2) is 16.4 Å². The number of phenols is 1. The molecule has 0 aliphatic heterocycles. The topological polar surface area (TPSA) is 63.3 Å². The van der Waals surface area contributed by atoms with Gasteiger partial charge in [-0.2, -0.15) is 0 Å². The number of carbonyl (C=O) groups is 1.